The van der Waals surface area contributed by atoms with Crippen LogP contribution in [0.15, 0.2) is 220 Å². The molecule has 8 aromatic rings. The van der Waals surface area contributed by atoms with Crippen LogP contribution >= 0.6 is 0 Å². The highest BCUT2D eigenvalue weighted by Crippen LogP contribution is 2.48. The van der Waals surface area contributed by atoms with E-state index in [1.165, 1.54) is 23.3 Å². The lowest BCUT2D eigenvalue weighted by Crippen LogP contribution is -2.30. The third kappa shape index (κ3) is 11.7. The Morgan fingerprint density at radius 3 is 1.66 bits per heavy atom. The fraction of sp³-hybridized carbons (Fsp3) is 0.208. The lowest BCUT2D eigenvalue weighted by Gasteiger charge is -2.35. The van der Waals surface area contributed by atoms with Crippen LogP contribution in [0.4, 0.5) is 34.1 Å². The van der Waals surface area contributed by atoms with Crippen LogP contribution in [0.3, 0.4) is 0 Å². The highest BCUT2D eigenvalue weighted by molar-refractivity contribution is 7.86. The SMILES string of the molecule is CCN(C1=CC2Oc3cc(N(CC)c4c(C)cc(Cc5cc(C)c([N+](CC)=c6ccc7c(-c8ccccc8S(=O)(=O)O)c8ccc(N(CC)c9c(C)cccc9C)cc8oc-7c6)c(C)c5)cc4C)ccc3C(c3ccccc3S(=O)(=O)O)=C2C=C1)c1ccccc1. The molecule has 2 N–H and O–H groups in total. The van der Waals surface area contributed by atoms with Gasteiger partial charge in [0.05, 0.1) is 6.07 Å². The first-order chi connectivity index (χ1) is 43.7. The number of aryl methyl sites for hydroxylation is 6. The van der Waals surface area contributed by atoms with Crippen LogP contribution in [0.5, 0.6) is 5.75 Å². The molecule has 462 valence electrons. The number of likely N-dealkylation sites (N-methyl/N-ethyl adjacent to an activating group) is 1. The Hall–Kier alpha value is -9.31. The Morgan fingerprint density at radius 2 is 1.04 bits per heavy atom. The van der Waals surface area contributed by atoms with Gasteiger partial charge in [-0.05, 0) is 188 Å². The summed E-state index contributed by atoms with van der Waals surface area (Å²) in [5.41, 5.74) is 21.2. The van der Waals surface area contributed by atoms with E-state index in [0.29, 0.717) is 82.9 Å². The molecule has 0 saturated carbocycles. The largest absolute Gasteiger partial charge is 0.481 e. The summed E-state index contributed by atoms with van der Waals surface area (Å²) in [5.74, 6) is 1.16. The fourth-order valence-corrected chi connectivity index (χ4v) is 15.5. The molecule has 0 fully saturated rings. The maximum Gasteiger partial charge on any atom is 0.295 e. The molecular weight excluding hydrogens is 1170 g/mol. The van der Waals surface area contributed by atoms with Gasteiger partial charge in [-0.3, -0.25) is 9.11 Å². The van der Waals surface area contributed by atoms with Gasteiger partial charge in [0.1, 0.15) is 39.5 Å². The van der Waals surface area contributed by atoms with Crippen molar-refractivity contribution in [3.8, 4) is 28.2 Å². The highest BCUT2D eigenvalue weighted by atomic mass is 32.2. The van der Waals surface area contributed by atoms with Crippen molar-refractivity contribution in [1.29, 1.82) is 0 Å². The predicted octanol–water partition coefficient (Wildman–Crippen LogP) is 17.1. The number of anilines is 5. The van der Waals surface area contributed by atoms with Crippen molar-refractivity contribution >= 4 is 70.9 Å². The summed E-state index contributed by atoms with van der Waals surface area (Å²) >= 11 is 0. The summed E-state index contributed by atoms with van der Waals surface area (Å²) in [6.07, 6.45) is 6.28. The lowest BCUT2D eigenvalue weighted by molar-refractivity contribution is 0.280. The number of nitrogens with zero attached hydrogens (tertiary/aromatic N) is 4. The Morgan fingerprint density at radius 1 is 0.495 bits per heavy atom. The normalized spacial score (nSPS) is 14.2. The molecule has 0 bridgehead atoms. The van der Waals surface area contributed by atoms with Gasteiger partial charge in [0, 0.05) is 127 Å². The molecule has 4 aliphatic rings. The Labute approximate surface area is 534 Å². The first-order valence-corrected chi connectivity index (χ1v) is 33.9. The van der Waals surface area contributed by atoms with Crippen LogP contribution in [0, 0.1) is 41.5 Å². The Bertz CT molecular complexity index is 4860. The molecule has 1 unspecified atom stereocenters. The zero-order chi connectivity index (χ0) is 64.2. The minimum absolute atomic E-state index is 0.168. The molecule has 2 heterocycles. The van der Waals surface area contributed by atoms with Crippen LogP contribution in [0.2, 0.25) is 0 Å². The molecule has 91 heavy (non-hydrogen) atoms. The number of rotatable bonds is 17. The van der Waals surface area contributed by atoms with E-state index in [-0.39, 0.29) is 9.79 Å². The summed E-state index contributed by atoms with van der Waals surface area (Å²) in [6.45, 7) is 24.1. The van der Waals surface area contributed by atoms with Gasteiger partial charge >= 0.3 is 0 Å². The van der Waals surface area contributed by atoms with Crippen molar-refractivity contribution in [3.63, 3.8) is 0 Å². The number of hydrogen-bond acceptors (Lipinski definition) is 9. The quantitative estimate of drug-likeness (QED) is 0.0511. The third-order valence-electron chi connectivity index (χ3n) is 17.7. The maximum absolute atomic E-state index is 13.0. The maximum atomic E-state index is 13.0. The predicted molar refractivity (Wildman–Crippen MR) is 369 cm³/mol. The number of ether oxygens (including phenoxy) is 1. The molecule has 0 aromatic heterocycles. The van der Waals surface area contributed by atoms with Gasteiger partial charge in [0.25, 0.3) is 20.2 Å². The molecule has 14 heteroatoms. The molecule has 0 spiro atoms. The van der Waals surface area contributed by atoms with Gasteiger partial charge in [-0.15, -0.1) is 0 Å². The number of para-hydroxylation sites is 2. The molecule has 12 rings (SSSR count). The monoisotopic (exact) mass is 1250 g/mol. The minimum atomic E-state index is -4.61. The van der Waals surface area contributed by atoms with E-state index in [0.717, 1.165) is 89.7 Å². The summed E-state index contributed by atoms with van der Waals surface area (Å²) in [4.78, 5) is 6.44. The smallest absolute Gasteiger partial charge is 0.295 e. The molecule has 0 saturated heterocycles. The fourth-order valence-electron chi connectivity index (χ4n) is 14.1. The Balaban J connectivity index is 0.885. The summed E-state index contributed by atoms with van der Waals surface area (Å²) in [5, 5.41) is 1.62. The van der Waals surface area contributed by atoms with Crippen molar-refractivity contribution in [2.24, 2.45) is 0 Å². The molecular formula is C77H75N4O8S2+. The van der Waals surface area contributed by atoms with Crippen molar-refractivity contribution in [2.45, 2.75) is 91.6 Å². The van der Waals surface area contributed by atoms with Gasteiger partial charge in [0.2, 0.25) is 11.0 Å². The first-order valence-electron chi connectivity index (χ1n) is 31.0. The molecule has 0 amide bonds. The highest BCUT2D eigenvalue weighted by Gasteiger charge is 2.34. The second kappa shape index (κ2) is 24.8. The van der Waals surface area contributed by atoms with E-state index in [2.05, 4.69) is 167 Å². The van der Waals surface area contributed by atoms with Crippen LogP contribution in [0.1, 0.15) is 83.3 Å². The topological polar surface area (TPSA) is 144 Å². The van der Waals surface area contributed by atoms with Crippen molar-refractivity contribution in [2.75, 3.05) is 40.9 Å². The van der Waals surface area contributed by atoms with Crippen LogP contribution in [0.25, 0.3) is 39.0 Å². The van der Waals surface area contributed by atoms with E-state index in [4.69, 9.17) is 9.15 Å². The zero-order valence-electron chi connectivity index (χ0n) is 53.0. The Kier molecular flexibility index (Phi) is 16.9. The number of fused-ring (bicyclic) bond motifs is 4. The van der Waals surface area contributed by atoms with Crippen LogP contribution in [-0.2, 0) is 26.7 Å². The second-order valence-electron chi connectivity index (χ2n) is 23.6. The third-order valence-corrected chi connectivity index (χ3v) is 19.6. The van der Waals surface area contributed by atoms with Crippen LogP contribution in [-0.4, -0.2) is 58.2 Å². The van der Waals surface area contributed by atoms with Gasteiger partial charge in [-0.2, -0.15) is 21.4 Å². The average Bonchev–Trinajstić information content (AvgIpc) is 0.785. The van der Waals surface area contributed by atoms with E-state index >= 15 is 0 Å². The molecule has 2 aliphatic heterocycles. The number of hydrogen-bond donors (Lipinski definition) is 2. The van der Waals surface area contributed by atoms with Crippen molar-refractivity contribution in [3.05, 3.63) is 266 Å². The van der Waals surface area contributed by atoms with E-state index in [9.17, 15) is 25.9 Å². The van der Waals surface area contributed by atoms with Gasteiger partial charge < -0.3 is 23.9 Å². The molecule has 2 aliphatic carbocycles. The average molecular weight is 1250 g/mol. The van der Waals surface area contributed by atoms with Crippen molar-refractivity contribution < 1.29 is 35.1 Å². The molecule has 8 aromatic carbocycles. The summed E-state index contributed by atoms with van der Waals surface area (Å²) in [6, 6.07) is 57.0. The summed E-state index contributed by atoms with van der Waals surface area (Å²) < 4.78 is 89.4. The van der Waals surface area contributed by atoms with Crippen LogP contribution < -0.4 is 29.4 Å². The van der Waals surface area contributed by atoms with Gasteiger partial charge in [-0.1, -0.05) is 91.0 Å². The van der Waals surface area contributed by atoms with Gasteiger partial charge in [0.15, 0.2) is 0 Å². The van der Waals surface area contributed by atoms with E-state index in [1.54, 1.807) is 36.4 Å². The lowest BCUT2D eigenvalue weighted by atomic mass is 9.85. The number of benzene rings is 9. The minimum Gasteiger partial charge on any atom is -0.481 e. The molecule has 0 radical (unpaired) electrons. The number of allylic oxidation sites excluding steroid dienone is 1. The first kappa shape index (κ1) is 61.9. The van der Waals surface area contributed by atoms with Crippen molar-refractivity contribution in [1.82, 2.24) is 4.58 Å². The van der Waals surface area contributed by atoms with E-state index in [1.807, 2.05) is 66.7 Å². The standard InChI is InChI=1S/C77H74N4O8S2/c1-11-78(56-25-16-15-17-26-56)57-31-35-61-67(44-57)88-69-46-59(33-37-63(69)73(61)65-27-18-20-29-71(65)90(82,83)84)80(13-3)76-50(7)39-54(40-51(76)8)43-55-41-52(9)77(53(10)42-55)81(14-4)60-34-38-64-70(47-60)89-68-45-58(79(12-2)75-48(5)23-22-24-49(75)6)32-36-62(68)74(64)66-28-19-21-30-72(66)91(85,86)87/h15-42,44-47,67H,11-14,43H2,1-10H3,(H-,82,83,84,85,86,87)/p+1. The van der Waals surface area contributed by atoms with Gasteiger partial charge in [-0.25, -0.2) is 0 Å². The molecule has 12 nitrogen and oxygen atoms in total. The zero-order valence-corrected chi connectivity index (χ0v) is 54.7. The second-order valence-corrected chi connectivity index (χ2v) is 26.4. The molecule has 1 atom stereocenters. The summed E-state index contributed by atoms with van der Waals surface area (Å²) in [7, 11) is -9.20. The van der Waals surface area contributed by atoms with E-state index < -0.39 is 26.3 Å².